The lowest BCUT2D eigenvalue weighted by Crippen LogP contribution is -2.39. The van der Waals surface area contributed by atoms with Crippen molar-refractivity contribution in [2.24, 2.45) is 0 Å². The maximum atomic E-state index is 12.0. The van der Waals surface area contributed by atoms with Crippen LogP contribution in [0.1, 0.15) is 25.1 Å². The molecular weight excluding hydrogens is 244 g/mol. The van der Waals surface area contributed by atoms with Gasteiger partial charge < -0.3 is 15.0 Å². The summed E-state index contributed by atoms with van der Waals surface area (Å²) in [5.41, 5.74) is 0. The van der Waals surface area contributed by atoms with Gasteiger partial charge in [-0.25, -0.2) is 4.98 Å². The van der Waals surface area contributed by atoms with Crippen molar-refractivity contribution in [2.45, 2.75) is 26.2 Å². The van der Waals surface area contributed by atoms with Gasteiger partial charge in [0, 0.05) is 19.2 Å². The van der Waals surface area contributed by atoms with Crippen molar-refractivity contribution in [1.82, 2.24) is 14.9 Å². The fourth-order valence-electron chi connectivity index (χ4n) is 2.16. The van der Waals surface area contributed by atoms with E-state index in [1.54, 1.807) is 20.1 Å². The molecule has 0 saturated carbocycles. The van der Waals surface area contributed by atoms with Gasteiger partial charge in [0.2, 0.25) is 11.8 Å². The lowest BCUT2D eigenvalue weighted by Gasteiger charge is -2.26. The monoisotopic (exact) mass is 264 g/mol. The first-order chi connectivity index (χ1) is 9.19. The Morgan fingerprint density at radius 1 is 1.37 bits per heavy atom. The van der Waals surface area contributed by atoms with E-state index in [0.29, 0.717) is 17.5 Å². The quantitative estimate of drug-likeness (QED) is 0.885. The van der Waals surface area contributed by atoms with Crippen molar-refractivity contribution in [1.29, 1.82) is 0 Å². The Hall–Kier alpha value is -1.85. The summed E-state index contributed by atoms with van der Waals surface area (Å²) in [4.78, 5) is 22.2. The Balaban J connectivity index is 1.90. The molecule has 1 fully saturated rings. The Labute approximate surface area is 113 Å². The van der Waals surface area contributed by atoms with E-state index in [-0.39, 0.29) is 12.5 Å². The highest BCUT2D eigenvalue weighted by atomic mass is 16.5. The number of hydrogen-bond donors (Lipinski definition) is 1. The van der Waals surface area contributed by atoms with E-state index in [9.17, 15) is 4.79 Å². The summed E-state index contributed by atoms with van der Waals surface area (Å²) in [5.74, 6) is 1.86. The maximum Gasteiger partial charge on any atom is 0.241 e. The van der Waals surface area contributed by atoms with E-state index in [2.05, 4.69) is 15.3 Å². The largest absolute Gasteiger partial charge is 0.481 e. The van der Waals surface area contributed by atoms with Gasteiger partial charge in [0.05, 0.1) is 13.7 Å². The molecule has 1 amide bonds. The van der Waals surface area contributed by atoms with Gasteiger partial charge in [-0.15, -0.1) is 0 Å². The molecule has 1 aliphatic rings. The molecule has 19 heavy (non-hydrogen) atoms. The number of methoxy groups -OCH3 is 1. The Morgan fingerprint density at radius 2 is 2.11 bits per heavy atom. The van der Waals surface area contributed by atoms with Gasteiger partial charge in [-0.3, -0.25) is 4.79 Å². The van der Waals surface area contributed by atoms with Gasteiger partial charge in [-0.1, -0.05) is 0 Å². The van der Waals surface area contributed by atoms with Crippen molar-refractivity contribution in [2.75, 3.05) is 32.1 Å². The normalized spacial score (nSPS) is 15.2. The third kappa shape index (κ3) is 3.81. The first kappa shape index (κ1) is 13.6. The summed E-state index contributed by atoms with van der Waals surface area (Å²) in [6, 6.07) is 1.69. The molecule has 0 aromatic carbocycles. The molecule has 1 aromatic rings. The summed E-state index contributed by atoms with van der Waals surface area (Å²) in [5, 5.41) is 3.03. The van der Waals surface area contributed by atoms with Crippen molar-refractivity contribution < 1.29 is 9.53 Å². The van der Waals surface area contributed by atoms with Crippen LogP contribution in [0.5, 0.6) is 5.88 Å². The molecule has 0 radical (unpaired) electrons. The Bertz CT molecular complexity index is 444. The number of nitrogens with one attached hydrogen (secondary N) is 1. The third-order valence-electron chi connectivity index (χ3n) is 3.15. The minimum atomic E-state index is 0.120. The van der Waals surface area contributed by atoms with Gasteiger partial charge in [0.1, 0.15) is 11.6 Å². The van der Waals surface area contributed by atoms with Gasteiger partial charge in [0.15, 0.2) is 0 Å². The molecule has 0 atom stereocenters. The second-order valence-corrected chi connectivity index (χ2v) is 4.64. The molecule has 2 heterocycles. The number of nitrogens with zero attached hydrogens (tertiary/aromatic N) is 3. The highest BCUT2D eigenvalue weighted by Crippen LogP contribution is 2.13. The van der Waals surface area contributed by atoms with Crippen molar-refractivity contribution in [3.63, 3.8) is 0 Å². The number of anilines is 1. The molecule has 6 nitrogen and oxygen atoms in total. The average molecular weight is 264 g/mol. The zero-order chi connectivity index (χ0) is 13.7. The van der Waals surface area contributed by atoms with Crippen LogP contribution >= 0.6 is 0 Å². The van der Waals surface area contributed by atoms with Gasteiger partial charge in [0.25, 0.3) is 0 Å². The zero-order valence-corrected chi connectivity index (χ0v) is 11.5. The summed E-state index contributed by atoms with van der Waals surface area (Å²) in [6.07, 6.45) is 3.43. The summed E-state index contributed by atoms with van der Waals surface area (Å²) in [6.45, 7) is 3.79. The van der Waals surface area contributed by atoms with Crippen LogP contribution in [0.3, 0.4) is 0 Å². The number of rotatable bonds is 4. The predicted octanol–water partition coefficient (Wildman–Crippen LogP) is 1.22. The first-order valence-electron chi connectivity index (χ1n) is 6.60. The molecule has 6 heteroatoms. The molecule has 1 aliphatic heterocycles. The number of likely N-dealkylation sites (tertiary alicyclic amines) is 1. The minimum absolute atomic E-state index is 0.120. The van der Waals surface area contributed by atoms with Gasteiger partial charge >= 0.3 is 0 Å². The second kappa shape index (κ2) is 6.36. The average Bonchev–Trinajstić information content (AvgIpc) is 2.45. The molecule has 1 aromatic heterocycles. The van der Waals surface area contributed by atoms with Crippen LogP contribution in [0.4, 0.5) is 5.82 Å². The van der Waals surface area contributed by atoms with Crippen LogP contribution < -0.4 is 10.1 Å². The van der Waals surface area contributed by atoms with E-state index in [0.717, 1.165) is 25.9 Å². The number of aryl methyl sites for hydroxylation is 1. The summed E-state index contributed by atoms with van der Waals surface area (Å²) in [7, 11) is 1.56. The minimum Gasteiger partial charge on any atom is -0.481 e. The van der Waals surface area contributed by atoms with Crippen LogP contribution in [-0.2, 0) is 4.79 Å². The lowest BCUT2D eigenvalue weighted by molar-refractivity contribution is -0.130. The third-order valence-corrected chi connectivity index (χ3v) is 3.15. The van der Waals surface area contributed by atoms with Crippen molar-refractivity contribution in [3.05, 3.63) is 11.9 Å². The van der Waals surface area contributed by atoms with Crippen LogP contribution in [-0.4, -0.2) is 47.5 Å². The number of carbonyl (C=O) groups excluding carboxylic acids is 1. The van der Waals surface area contributed by atoms with E-state index in [1.807, 2.05) is 4.90 Å². The van der Waals surface area contributed by atoms with Crippen molar-refractivity contribution >= 4 is 11.7 Å². The highest BCUT2D eigenvalue weighted by Gasteiger charge is 2.16. The standard InChI is InChI=1S/C13H20N4O2/c1-10-15-11(8-12(16-10)19-2)14-9-13(18)17-6-4-3-5-7-17/h8H,3-7,9H2,1-2H3,(H,14,15,16). The molecule has 0 spiro atoms. The van der Waals surface area contributed by atoms with Crippen LogP contribution in [0, 0.1) is 6.92 Å². The lowest BCUT2D eigenvalue weighted by atomic mass is 10.1. The number of hydrogen-bond acceptors (Lipinski definition) is 5. The molecule has 104 valence electrons. The van der Waals surface area contributed by atoms with Crippen molar-refractivity contribution in [3.8, 4) is 5.88 Å². The molecule has 2 rings (SSSR count). The first-order valence-corrected chi connectivity index (χ1v) is 6.60. The molecular formula is C13H20N4O2. The number of aromatic nitrogens is 2. The predicted molar refractivity (Wildman–Crippen MR) is 72.2 cm³/mol. The zero-order valence-electron chi connectivity index (χ0n) is 11.5. The fraction of sp³-hybridized carbons (Fsp3) is 0.615. The number of ether oxygens (including phenoxy) is 1. The molecule has 0 unspecified atom stereocenters. The smallest absolute Gasteiger partial charge is 0.241 e. The summed E-state index contributed by atoms with van der Waals surface area (Å²) < 4.78 is 5.07. The number of amides is 1. The van der Waals surface area contributed by atoms with E-state index < -0.39 is 0 Å². The maximum absolute atomic E-state index is 12.0. The number of piperidine rings is 1. The van der Waals surface area contributed by atoms with Crippen LogP contribution in [0.15, 0.2) is 6.07 Å². The van der Waals surface area contributed by atoms with E-state index >= 15 is 0 Å². The summed E-state index contributed by atoms with van der Waals surface area (Å²) >= 11 is 0. The fourth-order valence-corrected chi connectivity index (χ4v) is 2.16. The number of carbonyl (C=O) groups is 1. The van der Waals surface area contributed by atoms with E-state index in [1.165, 1.54) is 6.42 Å². The molecule has 0 aliphatic carbocycles. The Kier molecular flexibility index (Phi) is 4.54. The van der Waals surface area contributed by atoms with E-state index in [4.69, 9.17) is 4.74 Å². The van der Waals surface area contributed by atoms with Gasteiger partial charge in [-0.05, 0) is 26.2 Å². The highest BCUT2D eigenvalue weighted by molar-refractivity contribution is 5.80. The Morgan fingerprint density at radius 3 is 2.79 bits per heavy atom. The molecule has 1 N–H and O–H groups in total. The topological polar surface area (TPSA) is 67.3 Å². The van der Waals surface area contributed by atoms with Gasteiger partial charge in [-0.2, -0.15) is 4.98 Å². The molecule has 0 bridgehead atoms. The molecule has 1 saturated heterocycles. The SMILES string of the molecule is COc1cc(NCC(=O)N2CCCCC2)nc(C)n1. The van der Waals surface area contributed by atoms with Crippen LogP contribution in [0.2, 0.25) is 0 Å². The second-order valence-electron chi connectivity index (χ2n) is 4.64. The van der Waals surface area contributed by atoms with Crippen LogP contribution in [0.25, 0.3) is 0 Å².